The van der Waals surface area contributed by atoms with Gasteiger partial charge in [0.2, 0.25) is 5.91 Å². The van der Waals surface area contributed by atoms with Crippen molar-refractivity contribution in [1.82, 2.24) is 10.0 Å². The molecule has 0 aromatic heterocycles. The average Bonchev–Trinajstić information content (AvgIpc) is 2.70. The van der Waals surface area contributed by atoms with Crippen molar-refractivity contribution < 1.29 is 22.7 Å². The number of benzene rings is 1. The zero-order chi connectivity index (χ0) is 24.0. The summed E-state index contributed by atoms with van der Waals surface area (Å²) in [4.78, 5) is 23.8. The summed E-state index contributed by atoms with van der Waals surface area (Å²) in [6.07, 6.45) is 9.83. The Labute approximate surface area is 193 Å². The SMILES string of the molecule is CCCCCCCCCCCC(=O)NS(=O)(=O)c1ccc(CNC(=O)OC(C)(C)C)cc1. The summed E-state index contributed by atoms with van der Waals surface area (Å²) in [5.41, 5.74) is 0.130. The fourth-order valence-electron chi connectivity index (χ4n) is 3.13. The molecule has 0 atom stereocenters. The summed E-state index contributed by atoms with van der Waals surface area (Å²) in [6.45, 7) is 7.73. The lowest BCUT2D eigenvalue weighted by Gasteiger charge is -2.19. The molecule has 0 radical (unpaired) electrons. The molecule has 0 aliphatic rings. The first-order valence-electron chi connectivity index (χ1n) is 11.6. The Hall–Kier alpha value is -2.09. The summed E-state index contributed by atoms with van der Waals surface area (Å²) in [5.74, 6) is -0.483. The van der Waals surface area contributed by atoms with Crippen LogP contribution in [0.3, 0.4) is 0 Å². The van der Waals surface area contributed by atoms with E-state index >= 15 is 0 Å². The van der Waals surface area contributed by atoms with Crippen molar-refractivity contribution in [2.24, 2.45) is 0 Å². The predicted octanol–water partition coefficient (Wildman–Crippen LogP) is 5.44. The molecule has 0 aliphatic carbocycles. The van der Waals surface area contributed by atoms with Gasteiger partial charge in [0.15, 0.2) is 0 Å². The number of carbonyl (C=O) groups excluding carboxylic acids is 2. The van der Waals surface area contributed by atoms with Crippen LogP contribution in [0.5, 0.6) is 0 Å². The number of rotatable bonds is 14. The van der Waals surface area contributed by atoms with Crippen LogP contribution in [-0.2, 0) is 26.1 Å². The smallest absolute Gasteiger partial charge is 0.407 e. The number of unbranched alkanes of at least 4 members (excludes halogenated alkanes) is 8. The fraction of sp³-hybridized carbons (Fsp3) is 0.667. The van der Waals surface area contributed by atoms with Crippen molar-refractivity contribution >= 4 is 22.0 Å². The number of carbonyl (C=O) groups is 2. The molecule has 8 heteroatoms. The standard InChI is InChI=1S/C24H40N2O5S/c1-5-6-7-8-9-10-11-12-13-14-22(27)26-32(29,30)21-17-15-20(16-18-21)19-25-23(28)31-24(2,3)4/h15-18H,5-14,19H2,1-4H3,(H,25,28)(H,26,27). The highest BCUT2D eigenvalue weighted by molar-refractivity contribution is 7.90. The topological polar surface area (TPSA) is 102 Å². The highest BCUT2D eigenvalue weighted by Crippen LogP contribution is 2.13. The van der Waals surface area contributed by atoms with Crippen LogP contribution in [-0.4, -0.2) is 26.0 Å². The van der Waals surface area contributed by atoms with Gasteiger partial charge in [0.25, 0.3) is 10.0 Å². The molecular weight excluding hydrogens is 428 g/mol. The number of hydrogen-bond acceptors (Lipinski definition) is 5. The maximum absolute atomic E-state index is 12.4. The maximum atomic E-state index is 12.4. The van der Waals surface area contributed by atoms with Gasteiger partial charge in [0.05, 0.1) is 4.90 Å². The zero-order valence-corrected chi connectivity index (χ0v) is 20.9. The third-order valence-electron chi connectivity index (χ3n) is 4.82. The molecule has 7 nitrogen and oxygen atoms in total. The highest BCUT2D eigenvalue weighted by atomic mass is 32.2. The van der Waals surface area contributed by atoms with E-state index in [0.29, 0.717) is 6.42 Å². The Morgan fingerprint density at radius 3 is 1.94 bits per heavy atom. The first kappa shape index (κ1) is 27.9. The van der Waals surface area contributed by atoms with Gasteiger partial charge in [-0.05, 0) is 44.9 Å². The highest BCUT2D eigenvalue weighted by Gasteiger charge is 2.18. The normalized spacial score (nSPS) is 11.8. The van der Waals surface area contributed by atoms with E-state index in [2.05, 4.69) is 17.0 Å². The van der Waals surface area contributed by atoms with Gasteiger partial charge in [-0.3, -0.25) is 4.79 Å². The van der Waals surface area contributed by atoms with Gasteiger partial charge in [-0.15, -0.1) is 0 Å². The molecule has 1 aromatic carbocycles. The van der Waals surface area contributed by atoms with Crippen molar-refractivity contribution in [1.29, 1.82) is 0 Å². The second-order valence-corrected chi connectivity index (χ2v) is 10.8. The van der Waals surface area contributed by atoms with Gasteiger partial charge in [0.1, 0.15) is 5.60 Å². The predicted molar refractivity (Wildman–Crippen MR) is 127 cm³/mol. The molecule has 0 spiro atoms. The van der Waals surface area contributed by atoms with E-state index in [9.17, 15) is 18.0 Å². The summed E-state index contributed by atoms with van der Waals surface area (Å²) in [7, 11) is -3.90. The van der Waals surface area contributed by atoms with Crippen LogP contribution in [0.2, 0.25) is 0 Å². The van der Waals surface area contributed by atoms with Crippen LogP contribution in [0.25, 0.3) is 0 Å². The number of sulfonamides is 1. The van der Waals surface area contributed by atoms with Crippen LogP contribution >= 0.6 is 0 Å². The quantitative estimate of drug-likeness (QED) is 0.354. The van der Waals surface area contributed by atoms with Gasteiger partial charge in [0, 0.05) is 13.0 Å². The lowest BCUT2D eigenvalue weighted by Crippen LogP contribution is -2.32. The van der Waals surface area contributed by atoms with Crippen LogP contribution in [0.4, 0.5) is 4.79 Å². The molecule has 32 heavy (non-hydrogen) atoms. The van der Waals surface area contributed by atoms with E-state index in [-0.39, 0.29) is 17.9 Å². The summed E-state index contributed by atoms with van der Waals surface area (Å²) in [6, 6.07) is 6.02. The van der Waals surface area contributed by atoms with E-state index in [0.717, 1.165) is 18.4 Å². The van der Waals surface area contributed by atoms with Gasteiger partial charge >= 0.3 is 6.09 Å². The summed E-state index contributed by atoms with van der Waals surface area (Å²) in [5, 5.41) is 2.62. The van der Waals surface area contributed by atoms with E-state index in [1.165, 1.54) is 50.7 Å². The minimum atomic E-state index is -3.90. The molecule has 0 unspecified atom stereocenters. The van der Waals surface area contributed by atoms with Crippen molar-refractivity contribution in [3.8, 4) is 0 Å². The molecule has 0 heterocycles. The third-order valence-corrected chi connectivity index (χ3v) is 6.21. The number of amides is 2. The summed E-state index contributed by atoms with van der Waals surface area (Å²) < 4.78 is 32.1. The van der Waals surface area contributed by atoms with Crippen molar-refractivity contribution in [2.75, 3.05) is 0 Å². The molecule has 0 saturated heterocycles. The Morgan fingerprint density at radius 1 is 0.875 bits per heavy atom. The Bertz CT molecular complexity index is 799. The number of ether oxygens (including phenoxy) is 1. The molecule has 2 amide bonds. The molecule has 2 N–H and O–H groups in total. The Kier molecular flexibility index (Phi) is 12.3. The zero-order valence-electron chi connectivity index (χ0n) is 20.0. The summed E-state index contributed by atoms with van der Waals surface area (Å²) >= 11 is 0. The van der Waals surface area contributed by atoms with Gasteiger partial charge in [-0.1, -0.05) is 70.4 Å². The van der Waals surface area contributed by atoms with Crippen molar-refractivity contribution in [3.63, 3.8) is 0 Å². The minimum Gasteiger partial charge on any atom is -0.444 e. The van der Waals surface area contributed by atoms with Crippen LogP contribution < -0.4 is 10.0 Å². The number of hydrogen-bond donors (Lipinski definition) is 2. The molecule has 1 aromatic rings. The first-order chi connectivity index (χ1) is 15.0. The van der Waals surface area contributed by atoms with Crippen LogP contribution in [0.1, 0.15) is 97.5 Å². The largest absolute Gasteiger partial charge is 0.444 e. The maximum Gasteiger partial charge on any atom is 0.407 e. The molecule has 1 rings (SSSR count). The number of alkyl carbamates (subject to hydrolysis) is 1. The molecule has 0 bridgehead atoms. The molecular formula is C24H40N2O5S. The molecule has 0 aliphatic heterocycles. The van der Waals surface area contributed by atoms with Gasteiger partial charge in [-0.25, -0.2) is 17.9 Å². The van der Waals surface area contributed by atoms with Crippen molar-refractivity contribution in [2.45, 2.75) is 109 Å². The Balaban J connectivity index is 2.35. The monoisotopic (exact) mass is 468 g/mol. The second-order valence-electron chi connectivity index (χ2n) is 9.11. The molecule has 182 valence electrons. The lowest BCUT2D eigenvalue weighted by molar-refractivity contribution is -0.119. The van der Waals surface area contributed by atoms with E-state index in [1.807, 2.05) is 0 Å². The molecule has 0 fully saturated rings. The van der Waals surface area contributed by atoms with Gasteiger partial charge < -0.3 is 10.1 Å². The average molecular weight is 469 g/mol. The van der Waals surface area contributed by atoms with Gasteiger partial charge in [-0.2, -0.15) is 0 Å². The van der Waals surface area contributed by atoms with E-state index in [1.54, 1.807) is 32.9 Å². The Morgan fingerprint density at radius 2 is 1.41 bits per heavy atom. The van der Waals surface area contributed by atoms with E-state index in [4.69, 9.17) is 4.74 Å². The minimum absolute atomic E-state index is 0.0129. The first-order valence-corrected chi connectivity index (χ1v) is 13.1. The lowest BCUT2D eigenvalue weighted by atomic mass is 10.1. The second kappa shape index (κ2) is 14.1. The van der Waals surface area contributed by atoms with Crippen molar-refractivity contribution in [3.05, 3.63) is 29.8 Å². The van der Waals surface area contributed by atoms with Crippen LogP contribution in [0.15, 0.2) is 29.2 Å². The molecule has 0 saturated carbocycles. The number of nitrogens with one attached hydrogen (secondary N) is 2. The van der Waals surface area contributed by atoms with Crippen LogP contribution in [0, 0.1) is 0 Å². The van der Waals surface area contributed by atoms with E-state index < -0.39 is 27.6 Å². The fourth-order valence-corrected chi connectivity index (χ4v) is 4.14. The third kappa shape index (κ3) is 12.7.